The van der Waals surface area contributed by atoms with Crippen LogP contribution < -0.4 is 5.73 Å². The molecule has 0 spiro atoms. The molecule has 0 aliphatic rings. The van der Waals surface area contributed by atoms with Gasteiger partial charge in [0.1, 0.15) is 0 Å². The fourth-order valence-corrected chi connectivity index (χ4v) is 2.21. The monoisotopic (exact) mass is 299 g/mol. The summed E-state index contributed by atoms with van der Waals surface area (Å²) >= 11 is 3.43. The third-order valence-corrected chi connectivity index (χ3v) is 3.18. The molecule has 2 nitrogen and oxygen atoms in total. The van der Waals surface area contributed by atoms with Gasteiger partial charge in [0.25, 0.3) is 0 Å². The Bertz CT molecular complexity index is 323. The van der Waals surface area contributed by atoms with Crippen molar-refractivity contribution in [3.8, 4) is 0 Å². The van der Waals surface area contributed by atoms with Crippen molar-refractivity contribution in [2.24, 2.45) is 11.7 Å². The molecule has 1 rings (SSSR count). The third kappa shape index (κ3) is 5.19. The van der Waals surface area contributed by atoms with E-state index in [4.69, 9.17) is 10.5 Å². The van der Waals surface area contributed by atoms with Gasteiger partial charge in [0.05, 0.1) is 12.2 Å². The summed E-state index contributed by atoms with van der Waals surface area (Å²) in [6.45, 7) is 7.04. The first-order valence-electron chi connectivity index (χ1n) is 6.14. The van der Waals surface area contributed by atoms with Gasteiger partial charge in [0, 0.05) is 11.0 Å². The lowest BCUT2D eigenvalue weighted by atomic mass is 10.1. The van der Waals surface area contributed by atoms with E-state index in [1.54, 1.807) is 0 Å². The molecule has 0 heterocycles. The fraction of sp³-hybridized carbons (Fsp3) is 0.571. The summed E-state index contributed by atoms with van der Waals surface area (Å²) < 4.78 is 7.07. The van der Waals surface area contributed by atoms with E-state index in [1.807, 2.05) is 12.1 Å². The third-order valence-electron chi connectivity index (χ3n) is 2.66. The summed E-state index contributed by atoms with van der Waals surface area (Å²) in [4.78, 5) is 0. The molecule has 17 heavy (non-hydrogen) atoms. The first-order chi connectivity index (χ1) is 8.02. The molecule has 2 N–H and O–H groups in total. The second-order valence-electron chi connectivity index (χ2n) is 4.85. The number of hydrogen-bond acceptors (Lipinski definition) is 2. The number of hydrogen-bond donors (Lipinski definition) is 1. The van der Waals surface area contributed by atoms with Crippen LogP contribution in [0.25, 0.3) is 0 Å². The summed E-state index contributed by atoms with van der Waals surface area (Å²) in [7, 11) is 0. The molecule has 1 aromatic carbocycles. The predicted octanol–water partition coefficient (Wildman–Crippen LogP) is 3.90. The number of benzene rings is 1. The van der Waals surface area contributed by atoms with Gasteiger partial charge in [-0.2, -0.15) is 0 Å². The highest BCUT2D eigenvalue weighted by Gasteiger charge is 2.14. The van der Waals surface area contributed by atoms with E-state index in [9.17, 15) is 0 Å². The lowest BCUT2D eigenvalue weighted by Gasteiger charge is -2.23. The van der Waals surface area contributed by atoms with Crippen molar-refractivity contribution in [3.63, 3.8) is 0 Å². The molecular weight excluding hydrogens is 278 g/mol. The summed E-state index contributed by atoms with van der Waals surface area (Å²) in [6, 6.07) is 8.16. The average molecular weight is 300 g/mol. The van der Waals surface area contributed by atoms with Crippen molar-refractivity contribution in [1.82, 2.24) is 0 Å². The fourth-order valence-electron chi connectivity index (χ4n) is 1.95. The molecule has 0 aromatic heterocycles. The van der Waals surface area contributed by atoms with Crippen LogP contribution in [0.4, 0.5) is 0 Å². The van der Waals surface area contributed by atoms with E-state index < -0.39 is 0 Å². The maximum atomic E-state index is 6.00. The van der Waals surface area contributed by atoms with Crippen LogP contribution in [0.2, 0.25) is 0 Å². The largest absolute Gasteiger partial charge is 0.369 e. The maximum Gasteiger partial charge on any atom is 0.0950 e. The van der Waals surface area contributed by atoms with Gasteiger partial charge in [0.2, 0.25) is 0 Å². The van der Waals surface area contributed by atoms with Gasteiger partial charge in [-0.1, -0.05) is 41.9 Å². The Morgan fingerprint density at radius 1 is 1.18 bits per heavy atom. The lowest BCUT2D eigenvalue weighted by Crippen LogP contribution is -2.22. The van der Waals surface area contributed by atoms with Gasteiger partial charge >= 0.3 is 0 Å². The average Bonchev–Trinajstić information content (AvgIpc) is 2.26. The SMILES string of the molecule is CC(C)CC(C)OC(CN)c1ccc(Br)cc1. The second kappa shape index (κ2) is 7.14. The van der Waals surface area contributed by atoms with E-state index in [-0.39, 0.29) is 12.2 Å². The van der Waals surface area contributed by atoms with Crippen molar-refractivity contribution in [2.75, 3.05) is 6.54 Å². The molecule has 0 amide bonds. The van der Waals surface area contributed by atoms with Gasteiger partial charge in [0.15, 0.2) is 0 Å². The van der Waals surface area contributed by atoms with Crippen molar-refractivity contribution < 1.29 is 4.74 Å². The molecule has 0 bridgehead atoms. The van der Waals surface area contributed by atoms with Crippen LogP contribution in [0.5, 0.6) is 0 Å². The zero-order chi connectivity index (χ0) is 12.8. The Kier molecular flexibility index (Phi) is 6.17. The van der Waals surface area contributed by atoms with Crippen LogP contribution >= 0.6 is 15.9 Å². The molecule has 2 unspecified atom stereocenters. The van der Waals surface area contributed by atoms with E-state index in [2.05, 4.69) is 48.8 Å². The summed E-state index contributed by atoms with van der Waals surface area (Å²) in [5.41, 5.74) is 6.93. The van der Waals surface area contributed by atoms with Crippen LogP contribution in [0.3, 0.4) is 0 Å². The van der Waals surface area contributed by atoms with Gasteiger partial charge < -0.3 is 10.5 Å². The number of halogens is 1. The topological polar surface area (TPSA) is 35.2 Å². The van der Waals surface area contributed by atoms with Gasteiger partial charge in [-0.05, 0) is 37.0 Å². The van der Waals surface area contributed by atoms with Crippen LogP contribution in [0, 0.1) is 5.92 Å². The number of nitrogens with two attached hydrogens (primary N) is 1. The van der Waals surface area contributed by atoms with Crippen LogP contribution in [0.15, 0.2) is 28.7 Å². The Balaban J connectivity index is 2.62. The van der Waals surface area contributed by atoms with Crippen molar-refractivity contribution in [1.29, 1.82) is 0 Å². The van der Waals surface area contributed by atoms with Crippen LogP contribution in [-0.2, 0) is 4.74 Å². The molecule has 3 heteroatoms. The quantitative estimate of drug-likeness (QED) is 0.864. The molecule has 2 atom stereocenters. The van der Waals surface area contributed by atoms with Crippen LogP contribution in [0.1, 0.15) is 38.9 Å². The normalized spacial score (nSPS) is 14.9. The highest BCUT2D eigenvalue weighted by Crippen LogP contribution is 2.22. The minimum atomic E-state index is -0.00292. The molecule has 1 aromatic rings. The highest BCUT2D eigenvalue weighted by atomic mass is 79.9. The summed E-state index contributed by atoms with van der Waals surface area (Å²) in [6.07, 6.45) is 1.30. The molecule has 0 saturated carbocycles. The Labute approximate surface area is 113 Å². The van der Waals surface area contributed by atoms with Gasteiger partial charge in [-0.3, -0.25) is 0 Å². The smallest absolute Gasteiger partial charge is 0.0950 e. The standard InChI is InChI=1S/C14H22BrNO/c1-10(2)8-11(3)17-14(9-16)12-4-6-13(15)7-5-12/h4-7,10-11,14H,8-9,16H2,1-3H3. The minimum absolute atomic E-state index is 0.00292. The van der Waals surface area contributed by atoms with Crippen molar-refractivity contribution in [3.05, 3.63) is 34.3 Å². The first-order valence-corrected chi connectivity index (χ1v) is 6.93. The molecule has 0 aliphatic heterocycles. The van der Waals surface area contributed by atoms with Crippen LogP contribution in [-0.4, -0.2) is 12.6 Å². The van der Waals surface area contributed by atoms with E-state index in [0.717, 1.165) is 16.5 Å². The van der Waals surface area contributed by atoms with Crippen molar-refractivity contribution in [2.45, 2.75) is 39.4 Å². The summed E-state index contributed by atoms with van der Waals surface area (Å²) in [5.74, 6) is 0.647. The lowest BCUT2D eigenvalue weighted by molar-refractivity contribution is -0.00841. The molecular formula is C14H22BrNO. The highest BCUT2D eigenvalue weighted by molar-refractivity contribution is 9.10. The zero-order valence-corrected chi connectivity index (χ0v) is 12.4. The maximum absolute atomic E-state index is 6.00. The van der Waals surface area contributed by atoms with Gasteiger partial charge in [-0.25, -0.2) is 0 Å². The predicted molar refractivity (Wildman–Crippen MR) is 75.9 cm³/mol. The number of rotatable bonds is 6. The van der Waals surface area contributed by atoms with E-state index >= 15 is 0 Å². The van der Waals surface area contributed by atoms with Crippen molar-refractivity contribution >= 4 is 15.9 Å². The van der Waals surface area contributed by atoms with Gasteiger partial charge in [-0.15, -0.1) is 0 Å². The first kappa shape index (κ1) is 14.7. The minimum Gasteiger partial charge on any atom is -0.369 e. The summed E-state index contributed by atoms with van der Waals surface area (Å²) in [5, 5.41) is 0. The zero-order valence-electron chi connectivity index (χ0n) is 10.8. The Hall–Kier alpha value is -0.380. The molecule has 96 valence electrons. The Morgan fingerprint density at radius 3 is 2.24 bits per heavy atom. The Morgan fingerprint density at radius 2 is 1.76 bits per heavy atom. The van der Waals surface area contributed by atoms with E-state index in [1.165, 1.54) is 0 Å². The second-order valence-corrected chi connectivity index (χ2v) is 5.77. The molecule has 0 aliphatic carbocycles. The van der Waals surface area contributed by atoms with E-state index in [0.29, 0.717) is 12.5 Å². The molecule has 0 fully saturated rings. The molecule has 0 saturated heterocycles. The number of ether oxygens (including phenoxy) is 1. The molecule has 0 radical (unpaired) electrons.